The highest BCUT2D eigenvalue weighted by Gasteiger charge is 2.22. The summed E-state index contributed by atoms with van der Waals surface area (Å²) in [7, 11) is 4.42. The molecule has 0 fully saturated rings. The van der Waals surface area contributed by atoms with Crippen molar-refractivity contribution in [1.29, 1.82) is 0 Å². The van der Waals surface area contributed by atoms with Crippen LogP contribution in [0.3, 0.4) is 0 Å². The Labute approximate surface area is 212 Å². The zero-order chi connectivity index (χ0) is 26.0. The Morgan fingerprint density at radius 2 is 1.39 bits per heavy atom. The van der Waals surface area contributed by atoms with Gasteiger partial charge in [0, 0.05) is 4.90 Å². The van der Waals surface area contributed by atoms with Crippen molar-refractivity contribution in [2.75, 3.05) is 27.6 Å². The van der Waals surface area contributed by atoms with Gasteiger partial charge >= 0.3 is 5.97 Å². The van der Waals surface area contributed by atoms with Crippen LogP contribution < -0.4 is 24.4 Å². The molecule has 0 aliphatic rings. The summed E-state index contributed by atoms with van der Waals surface area (Å²) in [5.41, 5.74) is 1.41. The van der Waals surface area contributed by atoms with Crippen LogP contribution in [0.5, 0.6) is 23.0 Å². The maximum absolute atomic E-state index is 13.3. The average molecular weight is 507 g/mol. The van der Waals surface area contributed by atoms with Crippen LogP contribution in [-0.2, 0) is 0 Å². The number of furan rings is 1. The molecule has 4 rings (SSSR count). The van der Waals surface area contributed by atoms with Crippen molar-refractivity contribution >= 4 is 28.5 Å². The molecule has 0 saturated carbocycles. The van der Waals surface area contributed by atoms with E-state index >= 15 is 0 Å². The molecule has 0 aliphatic heterocycles. The van der Waals surface area contributed by atoms with E-state index in [9.17, 15) is 9.59 Å². The van der Waals surface area contributed by atoms with E-state index in [2.05, 4.69) is 0 Å². The predicted octanol–water partition coefficient (Wildman–Crippen LogP) is 6.04. The maximum atomic E-state index is 13.3. The van der Waals surface area contributed by atoms with Crippen LogP contribution in [0.1, 0.15) is 21.9 Å². The normalized spacial score (nSPS) is 10.8. The first-order valence-corrected chi connectivity index (χ1v) is 12.3. The van der Waals surface area contributed by atoms with E-state index in [1.165, 1.54) is 39.5 Å². The van der Waals surface area contributed by atoms with E-state index in [0.717, 1.165) is 10.5 Å². The number of thioether (sulfide) groups is 1. The number of hydrogen-bond donors (Lipinski definition) is 0. The smallest absolute Gasteiger partial charge is 0.343 e. The van der Waals surface area contributed by atoms with Gasteiger partial charge in [0.1, 0.15) is 17.3 Å². The van der Waals surface area contributed by atoms with E-state index in [0.29, 0.717) is 45.1 Å². The Morgan fingerprint density at radius 1 is 0.778 bits per heavy atom. The van der Waals surface area contributed by atoms with Crippen LogP contribution in [0.2, 0.25) is 0 Å². The van der Waals surface area contributed by atoms with Crippen LogP contribution in [0.25, 0.3) is 21.9 Å². The van der Waals surface area contributed by atoms with Crippen LogP contribution >= 0.6 is 11.8 Å². The molecule has 0 unspecified atom stereocenters. The molecule has 0 radical (unpaired) electrons. The molecule has 0 N–H and O–H groups in total. The fourth-order valence-corrected chi connectivity index (χ4v) is 4.54. The third-order valence-corrected chi connectivity index (χ3v) is 6.60. The van der Waals surface area contributed by atoms with E-state index in [1.807, 2.05) is 30.5 Å². The average Bonchev–Trinajstić information content (AvgIpc) is 3.10. The summed E-state index contributed by atoms with van der Waals surface area (Å²) >= 11 is 1.63. The van der Waals surface area contributed by atoms with Gasteiger partial charge in [0.25, 0.3) is 0 Å². The van der Waals surface area contributed by atoms with E-state index in [-0.39, 0.29) is 16.7 Å². The number of fused-ring (bicyclic) bond motifs is 1. The first-order valence-electron chi connectivity index (χ1n) is 11.1. The van der Waals surface area contributed by atoms with Crippen LogP contribution in [0.15, 0.2) is 62.6 Å². The Hall–Kier alpha value is -3.91. The minimum Gasteiger partial charge on any atom is -0.493 e. The van der Waals surface area contributed by atoms with Gasteiger partial charge in [-0.15, -0.1) is 11.8 Å². The van der Waals surface area contributed by atoms with Gasteiger partial charge in [0.15, 0.2) is 16.9 Å². The highest BCUT2D eigenvalue weighted by Crippen LogP contribution is 2.39. The second kappa shape index (κ2) is 10.4. The standard InChI is InChI=1S/C28H26O7S/c1-15-25-21(29)11-18(17-7-9-20(36-6)10-8-17)12-22(26(25)16(2)34-15)35-28(30)19-13-23(31-3)27(33-5)24(14-19)32-4/h7-14H,1-6H3. The largest absolute Gasteiger partial charge is 0.493 e. The van der Waals surface area contributed by atoms with Gasteiger partial charge in [0.2, 0.25) is 5.75 Å². The summed E-state index contributed by atoms with van der Waals surface area (Å²) in [6, 6.07) is 14.1. The van der Waals surface area contributed by atoms with E-state index < -0.39 is 5.97 Å². The molecular weight excluding hydrogens is 480 g/mol. The summed E-state index contributed by atoms with van der Waals surface area (Å²) in [5, 5.41) is 0.817. The summed E-state index contributed by atoms with van der Waals surface area (Å²) in [4.78, 5) is 27.7. The first-order chi connectivity index (χ1) is 17.3. The van der Waals surface area contributed by atoms with Crippen molar-refractivity contribution in [1.82, 2.24) is 0 Å². The Balaban J connectivity index is 1.89. The molecule has 0 aliphatic carbocycles. The molecule has 0 atom stereocenters. The number of carbonyl (C=O) groups is 1. The lowest BCUT2D eigenvalue weighted by Gasteiger charge is -2.14. The molecular formula is C28H26O7S. The van der Waals surface area contributed by atoms with Crippen molar-refractivity contribution in [2.24, 2.45) is 0 Å². The van der Waals surface area contributed by atoms with Crippen molar-refractivity contribution in [3.8, 4) is 34.1 Å². The molecule has 4 aromatic rings. The predicted molar refractivity (Wildman–Crippen MR) is 140 cm³/mol. The van der Waals surface area contributed by atoms with Crippen molar-refractivity contribution in [2.45, 2.75) is 18.7 Å². The number of hydrogen-bond acceptors (Lipinski definition) is 8. The molecule has 0 saturated heterocycles. The van der Waals surface area contributed by atoms with E-state index in [1.54, 1.807) is 31.7 Å². The minimum absolute atomic E-state index is 0.190. The van der Waals surface area contributed by atoms with Crippen molar-refractivity contribution < 1.29 is 28.2 Å². The number of rotatable bonds is 7. The number of esters is 1. The molecule has 7 nitrogen and oxygen atoms in total. The molecule has 1 aromatic heterocycles. The summed E-state index contributed by atoms with van der Waals surface area (Å²) in [5.74, 6) is 1.49. The van der Waals surface area contributed by atoms with Gasteiger partial charge in [-0.3, -0.25) is 4.79 Å². The molecule has 1 heterocycles. The Bertz CT molecular complexity index is 1480. The number of methoxy groups -OCH3 is 3. The fourth-order valence-electron chi connectivity index (χ4n) is 4.13. The summed E-state index contributed by atoms with van der Waals surface area (Å²) in [6.45, 7) is 3.45. The van der Waals surface area contributed by atoms with Gasteiger partial charge in [-0.05, 0) is 67.6 Å². The summed E-state index contributed by atoms with van der Waals surface area (Å²) < 4.78 is 27.7. The van der Waals surface area contributed by atoms with Crippen LogP contribution in [-0.4, -0.2) is 33.6 Å². The van der Waals surface area contributed by atoms with Gasteiger partial charge < -0.3 is 23.4 Å². The van der Waals surface area contributed by atoms with E-state index in [4.69, 9.17) is 23.4 Å². The highest BCUT2D eigenvalue weighted by atomic mass is 32.2. The minimum atomic E-state index is -0.656. The molecule has 8 heteroatoms. The van der Waals surface area contributed by atoms with Crippen molar-refractivity contribution in [3.63, 3.8) is 0 Å². The Morgan fingerprint density at radius 3 is 1.94 bits per heavy atom. The molecule has 0 spiro atoms. The molecule has 36 heavy (non-hydrogen) atoms. The zero-order valence-corrected chi connectivity index (χ0v) is 21.7. The quantitative estimate of drug-likeness (QED) is 0.221. The van der Waals surface area contributed by atoms with Gasteiger partial charge in [-0.2, -0.15) is 0 Å². The monoisotopic (exact) mass is 506 g/mol. The Kier molecular flexibility index (Phi) is 7.26. The lowest BCUT2D eigenvalue weighted by Crippen LogP contribution is -2.10. The number of ether oxygens (including phenoxy) is 4. The zero-order valence-electron chi connectivity index (χ0n) is 20.9. The van der Waals surface area contributed by atoms with Gasteiger partial charge in [0.05, 0.1) is 37.7 Å². The molecule has 3 aromatic carbocycles. The fraction of sp³-hybridized carbons (Fsp3) is 0.214. The number of aryl methyl sites for hydroxylation is 2. The van der Waals surface area contributed by atoms with Crippen LogP contribution in [0.4, 0.5) is 0 Å². The summed E-state index contributed by atoms with van der Waals surface area (Å²) in [6.07, 6.45) is 2.00. The SMILES string of the molecule is COc1cc(C(=O)Oc2cc(-c3ccc(SC)cc3)cc(=O)c3c(C)oc(C)c23)cc(OC)c1OC. The lowest BCUT2D eigenvalue weighted by atomic mass is 10.1. The third kappa shape index (κ3) is 4.64. The second-order valence-corrected chi connectivity index (χ2v) is 8.85. The van der Waals surface area contributed by atoms with Gasteiger partial charge in [-0.25, -0.2) is 4.79 Å². The number of carbonyl (C=O) groups excluding carboxylic acids is 1. The topological polar surface area (TPSA) is 84.2 Å². The van der Waals surface area contributed by atoms with Gasteiger partial charge in [-0.1, -0.05) is 12.1 Å². The first kappa shape index (κ1) is 25.2. The maximum Gasteiger partial charge on any atom is 0.343 e. The highest BCUT2D eigenvalue weighted by molar-refractivity contribution is 7.98. The van der Waals surface area contributed by atoms with Crippen molar-refractivity contribution in [3.05, 3.63) is 75.8 Å². The third-order valence-electron chi connectivity index (χ3n) is 5.85. The molecule has 186 valence electrons. The molecule has 0 bridgehead atoms. The molecule has 0 amide bonds. The van der Waals surface area contributed by atoms with Crippen LogP contribution in [0, 0.1) is 13.8 Å². The lowest BCUT2D eigenvalue weighted by molar-refractivity contribution is 0.0736. The number of benzene rings is 2. The second-order valence-electron chi connectivity index (χ2n) is 7.97.